The first-order valence-corrected chi connectivity index (χ1v) is 7.53. The molecule has 0 unspecified atom stereocenters. The molecule has 3 aromatic rings. The molecule has 22 heavy (non-hydrogen) atoms. The third-order valence-electron chi connectivity index (χ3n) is 3.24. The summed E-state index contributed by atoms with van der Waals surface area (Å²) in [6, 6.07) is 15.2. The molecule has 0 spiro atoms. The van der Waals surface area contributed by atoms with Gasteiger partial charge in [-0.05, 0) is 24.3 Å². The van der Waals surface area contributed by atoms with Gasteiger partial charge in [0.1, 0.15) is 18.2 Å². The molecule has 3 rings (SSSR count). The van der Waals surface area contributed by atoms with Gasteiger partial charge in [0.15, 0.2) is 0 Å². The average Bonchev–Trinajstić information content (AvgIpc) is 2.84. The monoisotopic (exact) mass is 331 g/mol. The number of nitrogens with zero attached hydrogens (tertiary/aromatic N) is 2. The summed E-state index contributed by atoms with van der Waals surface area (Å²) in [4.78, 5) is 4.99. The van der Waals surface area contributed by atoms with Crippen molar-refractivity contribution < 1.29 is 4.74 Å². The minimum atomic E-state index is 0.293. The van der Waals surface area contributed by atoms with Crippen molar-refractivity contribution in [2.24, 2.45) is 5.73 Å². The molecule has 0 radical (unpaired) electrons. The molecule has 0 atom stereocenters. The number of nitrogens with two attached hydrogens (primary N) is 1. The maximum Gasteiger partial charge on any atom is 0.148 e. The van der Waals surface area contributed by atoms with Gasteiger partial charge < -0.3 is 15.0 Å². The second-order valence-electron chi connectivity index (χ2n) is 4.79. The summed E-state index contributed by atoms with van der Waals surface area (Å²) in [5, 5.41) is 0.569. The molecule has 0 aliphatic rings. The number of rotatable bonds is 5. The highest BCUT2D eigenvalue weighted by molar-refractivity contribution is 7.80. The van der Waals surface area contributed by atoms with Crippen molar-refractivity contribution >= 4 is 39.8 Å². The number of ether oxygens (including phenoxy) is 1. The van der Waals surface area contributed by atoms with E-state index in [0.29, 0.717) is 28.9 Å². The van der Waals surface area contributed by atoms with Crippen LogP contribution in [0, 0.1) is 0 Å². The maximum absolute atomic E-state index is 6.10. The summed E-state index contributed by atoms with van der Waals surface area (Å²) in [7, 11) is 0. The highest BCUT2D eigenvalue weighted by Gasteiger charge is 2.12. The zero-order valence-electron chi connectivity index (χ0n) is 11.7. The van der Waals surface area contributed by atoms with Gasteiger partial charge in [0, 0.05) is 0 Å². The van der Waals surface area contributed by atoms with Crippen LogP contribution in [-0.2, 0) is 13.2 Å². The van der Waals surface area contributed by atoms with Crippen molar-refractivity contribution in [2.45, 2.75) is 13.2 Å². The van der Waals surface area contributed by atoms with E-state index >= 15 is 0 Å². The van der Waals surface area contributed by atoms with Crippen LogP contribution in [0.3, 0.4) is 0 Å². The summed E-state index contributed by atoms with van der Waals surface area (Å²) in [5.41, 5.74) is 7.56. The Labute approximate surface area is 138 Å². The Hall–Kier alpha value is -2.11. The lowest BCUT2D eigenvalue weighted by atomic mass is 10.3. The fourth-order valence-corrected chi connectivity index (χ4v) is 2.59. The molecule has 0 amide bonds. The van der Waals surface area contributed by atoms with Gasteiger partial charge in [-0.1, -0.05) is 48.1 Å². The lowest BCUT2D eigenvalue weighted by Crippen LogP contribution is -2.19. The molecule has 0 fully saturated rings. The maximum atomic E-state index is 6.10. The van der Waals surface area contributed by atoms with Crippen LogP contribution in [-0.4, -0.2) is 14.5 Å². The van der Waals surface area contributed by atoms with Gasteiger partial charge in [-0.15, -0.1) is 0 Å². The largest absolute Gasteiger partial charge is 0.484 e. The number of halogens is 1. The summed E-state index contributed by atoms with van der Waals surface area (Å²) in [6.45, 7) is 0.720. The Morgan fingerprint density at radius 1 is 1.18 bits per heavy atom. The van der Waals surface area contributed by atoms with Crippen molar-refractivity contribution in [3.05, 3.63) is 59.4 Å². The number of hydrogen-bond donors (Lipinski definition) is 1. The van der Waals surface area contributed by atoms with Crippen LogP contribution in [0.4, 0.5) is 0 Å². The quantitative estimate of drug-likeness (QED) is 0.726. The topological polar surface area (TPSA) is 53.1 Å². The van der Waals surface area contributed by atoms with Gasteiger partial charge >= 0.3 is 0 Å². The predicted octanol–water partition coefficient (Wildman–Crippen LogP) is 3.55. The molecule has 0 saturated heterocycles. The zero-order chi connectivity index (χ0) is 15.5. The minimum absolute atomic E-state index is 0.293. The van der Waals surface area contributed by atoms with Crippen molar-refractivity contribution in [3.63, 3.8) is 0 Å². The van der Waals surface area contributed by atoms with E-state index in [9.17, 15) is 0 Å². The number of fused-ring (bicyclic) bond motifs is 1. The van der Waals surface area contributed by atoms with E-state index in [1.807, 2.05) is 47.0 Å². The first-order chi connectivity index (χ1) is 10.6. The minimum Gasteiger partial charge on any atom is -0.484 e. The van der Waals surface area contributed by atoms with E-state index in [1.54, 1.807) is 6.07 Å². The van der Waals surface area contributed by atoms with Gasteiger partial charge in [0.2, 0.25) is 0 Å². The Morgan fingerprint density at radius 2 is 1.91 bits per heavy atom. The summed E-state index contributed by atoms with van der Waals surface area (Å²) < 4.78 is 7.74. The van der Waals surface area contributed by atoms with Crippen LogP contribution in [0.5, 0.6) is 5.75 Å². The molecular formula is C16H14ClN3OS. The summed E-state index contributed by atoms with van der Waals surface area (Å²) in [6.07, 6.45) is 0. The first kappa shape index (κ1) is 14.8. The van der Waals surface area contributed by atoms with E-state index in [0.717, 1.165) is 16.9 Å². The lowest BCUT2D eigenvalue weighted by Gasteiger charge is -2.10. The van der Waals surface area contributed by atoms with E-state index in [-0.39, 0.29) is 0 Å². The third-order valence-corrected chi connectivity index (χ3v) is 3.68. The fraction of sp³-hybridized carbons (Fsp3) is 0.125. The van der Waals surface area contributed by atoms with Crippen molar-refractivity contribution in [2.75, 3.05) is 0 Å². The molecule has 4 nitrogen and oxygen atoms in total. The number of hydrogen-bond acceptors (Lipinski definition) is 3. The Kier molecular flexibility index (Phi) is 4.27. The van der Waals surface area contributed by atoms with Gasteiger partial charge in [-0.2, -0.15) is 0 Å². The van der Waals surface area contributed by atoms with Crippen LogP contribution >= 0.6 is 23.8 Å². The molecule has 2 aromatic carbocycles. The number of aromatic nitrogens is 2. The second kappa shape index (κ2) is 6.34. The van der Waals surface area contributed by atoms with Crippen LogP contribution in [0.2, 0.25) is 5.02 Å². The highest BCUT2D eigenvalue weighted by Crippen LogP contribution is 2.24. The Balaban J connectivity index is 1.92. The second-order valence-corrected chi connectivity index (χ2v) is 5.72. The van der Waals surface area contributed by atoms with Crippen LogP contribution in [0.25, 0.3) is 11.0 Å². The average molecular weight is 332 g/mol. The predicted molar refractivity (Wildman–Crippen MR) is 92.3 cm³/mol. The van der Waals surface area contributed by atoms with E-state index in [1.165, 1.54) is 0 Å². The van der Waals surface area contributed by atoms with Gasteiger partial charge in [0.25, 0.3) is 0 Å². The van der Waals surface area contributed by atoms with Gasteiger partial charge in [-0.25, -0.2) is 4.98 Å². The van der Waals surface area contributed by atoms with E-state index < -0.39 is 0 Å². The fourth-order valence-electron chi connectivity index (χ4n) is 2.27. The van der Waals surface area contributed by atoms with Crippen molar-refractivity contribution in [1.29, 1.82) is 0 Å². The number of imidazole rings is 1. The van der Waals surface area contributed by atoms with E-state index in [2.05, 4.69) is 4.98 Å². The zero-order valence-corrected chi connectivity index (χ0v) is 13.3. The van der Waals surface area contributed by atoms with Gasteiger partial charge in [-0.3, -0.25) is 0 Å². The molecule has 0 bridgehead atoms. The van der Waals surface area contributed by atoms with Crippen LogP contribution < -0.4 is 10.5 Å². The number of benzene rings is 2. The Bertz CT molecular complexity index is 831. The highest BCUT2D eigenvalue weighted by atomic mass is 35.5. The molecule has 0 saturated carbocycles. The molecule has 1 heterocycles. The standard InChI is InChI=1S/C16H14ClN3OS/c17-11-5-1-4-8-14(11)21-10-16-19-12-6-2-3-7-13(12)20(16)9-15(18)22/h1-8H,9-10H2,(H2,18,22). The Morgan fingerprint density at radius 3 is 2.68 bits per heavy atom. The van der Waals surface area contributed by atoms with E-state index in [4.69, 9.17) is 34.3 Å². The van der Waals surface area contributed by atoms with Crippen LogP contribution in [0.15, 0.2) is 48.5 Å². The summed E-state index contributed by atoms with van der Waals surface area (Å²) in [5.74, 6) is 1.38. The number of thiocarbonyl (C=S) groups is 1. The molecule has 6 heteroatoms. The molecule has 1 aromatic heterocycles. The number of para-hydroxylation sites is 3. The summed E-state index contributed by atoms with van der Waals surface area (Å²) >= 11 is 11.1. The third kappa shape index (κ3) is 3.05. The molecule has 0 aliphatic heterocycles. The van der Waals surface area contributed by atoms with Crippen molar-refractivity contribution in [3.8, 4) is 5.75 Å². The van der Waals surface area contributed by atoms with Gasteiger partial charge in [0.05, 0.1) is 27.6 Å². The van der Waals surface area contributed by atoms with Crippen molar-refractivity contribution in [1.82, 2.24) is 9.55 Å². The van der Waals surface area contributed by atoms with Crippen LogP contribution in [0.1, 0.15) is 5.82 Å². The molecule has 0 aliphatic carbocycles. The molecular weight excluding hydrogens is 318 g/mol. The molecule has 2 N–H and O–H groups in total. The smallest absolute Gasteiger partial charge is 0.148 e. The molecule has 112 valence electrons. The lowest BCUT2D eigenvalue weighted by molar-refractivity contribution is 0.292. The first-order valence-electron chi connectivity index (χ1n) is 6.75. The SMILES string of the molecule is NC(=S)Cn1c(COc2ccccc2Cl)nc2ccccc21. The normalized spacial score (nSPS) is 10.8.